The van der Waals surface area contributed by atoms with Crippen LogP contribution in [0.1, 0.15) is 47.5 Å². The van der Waals surface area contributed by atoms with Crippen LogP contribution in [-0.2, 0) is 4.74 Å². The molecule has 0 spiro atoms. The zero-order chi connectivity index (χ0) is 14.7. The quantitative estimate of drug-likeness (QED) is 0.818. The van der Waals surface area contributed by atoms with Crippen LogP contribution >= 0.6 is 0 Å². The number of aliphatic hydroxyl groups is 1. The van der Waals surface area contributed by atoms with E-state index in [4.69, 9.17) is 4.74 Å². The summed E-state index contributed by atoms with van der Waals surface area (Å²) in [6.07, 6.45) is 1.50. The molecule has 5 nitrogen and oxygen atoms in total. The lowest BCUT2D eigenvalue weighted by atomic mass is 9.98. The summed E-state index contributed by atoms with van der Waals surface area (Å²) >= 11 is 0. The van der Waals surface area contributed by atoms with Gasteiger partial charge < -0.3 is 20.1 Å². The van der Waals surface area contributed by atoms with E-state index >= 15 is 0 Å². The average molecular weight is 272 g/mol. The van der Waals surface area contributed by atoms with Gasteiger partial charge in [-0.1, -0.05) is 6.92 Å². The molecule has 1 aliphatic heterocycles. The number of aliphatic hydroxyl groups excluding tert-OH is 1. The SMILES string of the molecule is CCC(C)(CO)NC1CCN(C(=O)OC(C)(C)C)C1. The first-order chi connectivity index (χ1) is 8.69. The van der Waals surface area contributed by atoms with Crippen LogP contribution in [0.3, 0.4) is 0 Å². The molecule has 1 fully saturated rings. The van der Waals surface area contributed by atoms with Crippen molar-refractivity contribution in [3.8, 4) is 0 Å². The third-order valence-electron chi connectivity index (χ3n) is 3.52. The molecule has 1 rings (SSSR count). The number of ether oxygens (including phenoxy) is 1. The smallest absolute Gasteiger partial charge is 0.410 e. The van der Waals surface area contributed by atoms with Crippen molar-refractivity contribution < 1.29 is 14.6 Å². The average Bonchev–Trinajstić information content (AvgIpc) is 2.75. The molecule has 0 aromatic heterocycles. The monoisotopic (exact) mass is 272 g/mol. The van der Waals surface area contributed by atoms with Crippen molar-refractivity contribution in [2.75, 3.05) is 19.7 Å². The van der Waals surface area contributed by atoms with Gasteiger partial charge in [0.2, 0.25) is 0 Å². The second kappa shape index (κ2) is 6.09. The lowest BCUT2D eigenvalue weighted by Crippen LogP contribution is -2.51. The molecule has 2 unspecified atom stereocenters. The molecule has 0 saturated carbocycles. The fourth-order valence-corrected chi connectivity index (χ4v) is 2.12. The van der Waals surface area contributed by atoms with E-state index in [1.165, 1.54) is 0 Å². The zero-order valence-electron chi connectivity index (χ0n) is 12.8. The molecule has 1 aliphatic rings. The van der Waals surface area contributed by atoms with Crippen molar-refractivity contribution in [2.24, 2.45) is 0 Å². The summed E-state index contributed by atoms with van der Waals surface area (Å²) in [6.45, 7) is 11.1. The second-order valence-electron chi connectivity index (χ2n) is 6.63. The second-order valence-corrected chi connectivity index (χ2v) is 6.63. The number of hydrogen-bond acceptors (Lipinski definition) is 4. The molecular formula is C14H28N2O3. The first kappa shape index (κ1) is 16.2. The van der Waals surface area contributed by atoms with E-state index in [0.717, 1.165) is 12.8 Å². The van der Waals surface area contributed by atoms with Crippen LogP contribution in [0.2, 0.25) is 0 Å². The third kappa shape index (κ3) is 4.99. The lowest BCUT2D eigenvalue weighted by molar-refractivity contribution is 0.0287. The minimum absolute atomic E-state index is 0.104. The standard InChI is InChI=1S/C14H28N2O3/c1-6-14(5,10-17)15-11-7-8-16(9-11)12(18)19-13(2,3)4/h11,15,17H,6-10H2,1-5H3. The van der Waals surface area contributed by atoms with Gasteiger partial charge in [-0.2, -0.15) is 0 Å². The molecule has 2 atom stereocenters. The van der Waals surface area contributed by atoms with Crippen molar-refractivity contribution in [3.05, 3.63) is 0 Å². The minimum atomic E-state index is -0.453. The number of rotatable bonds is 4. The van der Waals surface area contributed by atoms with Gasteiger partial charge in [0, 0.05) is 24.7 Å². The van der Waals surface area contributed by atoms with Crippen LogP contribution in [-0.4, -0.2) is 53.0 Å². The predicted octanol–water partition coefficient (Wildman–Crippen LogP) is 1.75. The first-order valence-electron chi connectivity index (χ1n) is 7.05. The van der Waals surface area contributed by atoms with E-state index in [9.17, 15) is 9.90 Å². The van der Waals surface area contributed by atoms with Gasteiger partial charge in [0.1, 0.15) is 5.60 Å². The van der Waals surface area contributed by atoms with Gasteiger partial charge >= 0.3 is 6.09 Å². The maximum atomic E-state index is 11.9. The predicted molar refractivity (Wildman–Crippen MR) is 75.1 cm³/mol. The number of nitrogens with zero attached hydrogens (tertiary/aromatic N) is 1. The number of carbonyl (C=O) groups excluding carboxylic acids is 1. The van der Waals surface area contributed by atoms with Crippen molar-refractivity contribution in [1.82, 2.24) is 10.2 Å². The fraction of sp³-hybridized carbons (Fsp3) is 0.929. The topological polar surface area (TPSA) is 61.8 Å². The Morgan fingerprint density at radius 1 is 1.42 bits per heavy atom. The number of likely N-dealkylation sites (tertiary alicyclic amines) is 1. The van der Waals surface area contributed by atoms with Crippen LogP contribution in [0.4, 0.5) is 4.79 Å². The van der Waals surface area contributed by atoms with Gasteiger partial charge in [-0.15, -0.1) is 0 Å². The zero-order valence-corrected chi connectivity index (χ0v) is 12.8. The maximum absolute atomic E-state index is 11.9. The van der Waals surface area contributed by atoms with Crippen LogP contribution in [0.25, 0.3) is 0 Å². The molecule has 19 heavy (non-hydrogen) atoms. The lowest BCUT2D eigenvalue weighted by Gasteiger charge is -2.31. The van der Waals surface area contributed by atoms with Gasteiger partial charge in [-0.3, -0.25) is 0 Å². The van der Waals surface area contributed by atoms with E-state index in [1.807, 2.05) is 34.6 Å². The highest BCUT2D eigenvalue weighted by Gasteiger charge is 2.33. The molecule has 0 bridgehead atoms. The molecule has 2 N–H and O–H groups in total. The number of hydrogen-bond donors (Lipinski definition) is 2. The van der Waals surface area contributed by atoms with Gasteiger partial charge in [0.15, 0.2) is 0 Å². The Bertz CT molecular complexity index is 308. The molecular weight excluding hydrogens is 244 g/mol. The van der Waals surface area contributed by atoms with E-state index in [-0.39, 0.29) is 24.3 Å². The summed E-state index contributed by atoms with van der Waals surface area (Å²) in [6, 6.07) is 0.226. The van der Waals surface area contributed by atoms with Crippen LogP contribution in [0.5, 0.6) is 0 Å². The molecule has 0 radical (unpaired) electrons. The highest BCUT2D eigenvalue weighted by molar-refractivity contribution is 5.68. The molecule has 112 valence electrons. The van der Waals surface area contributed by atoms with E-state index in [2.05, 4.69) is 5.32 Å². The fourth-order valence-electron chi connectivity index (χ4n) is 2.12. The Kier molecular flexibility index (Phi) is 5.21. The van der Waals surface area contributed by atoms with Gasteiger partial charge in [-0.05, 0) is 40.5 Å². The number of carbonyl (C=O) groups is 1. The van der Waals surface area contributed by atoms with Crippen LogP contribution < -0.4 is 5.32 Å². The van der Waals surface area contributed by atoms with Crippen molar-refractivity contribution in [2.45, 2.75) is 64.6 Å². The highest BCUT2D eigenvalue weighted by atomic mass is 16.6. The van der Waals surface area contributed by atoms with Crippen LogP contribution in [0, 0.1) is 0 Å². The molecule has 0 aromatic carbocycles. The summed E-state index contributed by atoms with van der Waals surface area (Å²) in [5, 5.41) is 12.8. The maximum Gasteiger partial charge on any atom is 0.410 e. The van der Waals surface area contributed by atoms with Gasteiger partial charge in [0.05, 0.1) is 6.61 Å². The molecule has 0 aliphatic carbocycles. The van der Waals surface area contributed by atoms with E-state index in [1.54, 1.807) is 4.90 Å². The highest BCUT2D eigenvalue weighted by Crippen LogP contribution is 2.18. The Balaban J connectivity index is 2.48. The van der Waals surface area contributed by atoms with Crippen molar-refractivity contribution >= 4 is 6.09 Å². The van der Waals surface area contributed by atoms with Gasteiger partial charge in [-0.25, -0.2) is 4.79 Å². The molecule has 1 amide bonds. The van der Waals surface area contributed by atoms with Crippen LogP contribution in [0.15, 0.2) is 0 Å². The Labute approximate surface area is 116 Å². The van der Waals surface area contributed by atoms with E-state index in [0.29, 0.717) is 13.1 Å². The minimum Gasteiger partial charge on any atom is -0.444 e. The summed E-state index contributed by atoms with van der Waals surface area (Å²) in [7, 11) is 0. The molecule has 5 heteroatoms. The van der Waals surface area contributed by atoms with E-state index < -0.39 is 5.60 Å². The normalized spacial score (nSPS) is 23.3. The summed E-state index contributed by atoms with van der Waals surface area (Å²) < 4.78 is 5.36. The third-order valence-corrected chi connectivity index (χ3v) is 3.52. The van der Waals surface area contributed by atoms with Crippen molar-refractivity contribution in [3.63, 3.8) is 0 Å². The summed E-state index contributed by atoms with van der Waals surface area (Å²) in [5.41, 5.74) is -0.722. The first-order valence-corrected chi connectivity index (χ1v) is 7.05. The molecule has 0 aromatic rings. The number of nitrogens with one attached hydrogen (secondary N) is 1. The summed E-state index contributed by atoms with van der Waals surface area (Å²) in [4.78, 5) is 13.7. The largest absolute Gasteiger partial charge is 0.444 e. The Hall–Kier alpha value is -0.810. The molecule has 1 heterocycles. The van der Waals surface area contributed by atoms with Crippen molar-refractivity contribution in [1.29, 1.82) is 0 Å². The Morgan fingerprint density at radius 2 is 2.05 bits per heavy atom. The summed E-state index contributed by atoms with van der Waals surface area (Å²) in [5.74, 6) is 0. The number of amides is 1. The Morgan fingerprint density at radius 3 is 2.53 bits per heavy atom. The van der Waals surface area contributed by atoms with Gasteiger partial charge in [0.25, 0.3) is 0 Å². The molecule has 1 saturated heterocycles.